The maximum absolute atomic E-state index is 13.1. The number of carboxylic acid groups (broad SMARTS) is 1. The van der Waals surface area contributed by atoms with Gasteiger partial charge in [0.2, 0.25) is 0 Å². The molecule has 1 fully saturated rings. The van der Waals surface area contributed by atoms with Gasteiger partial charge in [-0.25, -0.2) is 14.5 Å². The Bertz CT molecular complexity index is 1250. The predicted molar refractivity (Wildman–Crippen MR) is 118 cm³/mol. The van der Waals surface area contributed by atoms with E-state index in [-0.39, 0.29) is 11.1 Å². The first-order valence-electron chi connectivity index (χ1n) is 9.90. The van der Waals surface area contributed by atoms with Crippen molar-refractivity contribution in [3.8, 4) is 5.69 Å². The van der Waals surface area contributed by atoms with Gasteiger partial charge in [0.15, 0.2) is 0 Å². The van der Waals surface area contributed by atoms with Crippen molar-refractivity contribution in [1.29, 1.82) is 0 Å². The monoisotopic (exact) mass is 429 g/mol. The average molecular weight is 429 g/mol. The van der Waals surface area contributed by atoms with Crippen LogP contribution < -0.4 is 10.2 Å². The van der Waals surface area contributed by atoms with Crippen LogP contribution in [0.4, 0.5) is 10.5 Å². The first-order chi connectivity index (χ1) is 15.4. The zero-order valence-electron chi connectivity index (χ0n) is 17.1. The van der Waals surface area contributed by atoms with E-state index in [1.165, 1.54) is 18.2 Å². The molecule has 0 unspecified atom stereocenters. The number of hydrogen-bond acceptors (Lipinski definition) is 4. The summed E-state index contributed by atoms with van der Waals surface area (Å²) in [6.07, 6.45) is 3.94. The lowest BCUT2D eigenvalue weighted by Gasteiger charge is -2.26. The number of benzene rings is 2. The third-order valence-corrected chi connectivity index (χ3v) is 5.17. The van der Waals surface area contributed by atoms with Gasteiger partial charge in [-0.3, -0.25) is 14.9 Å². The van der Waals surface area contributed by atoms with Crippen molar-refractivity contribution in [2.45, 2.75) is 13.3 Å². The number of urea groups is 1. The largest absolute Gasteiger partial charge is 0.478 e. The standard InChI is InChI=1S/C24H19N3O5/c1-2-15-5-9-18(10-6-15)27-22(29)20(21(28)25-24(27)32)14-19-4-3-13-26(19)17-11-7-16(8-12-17)23(30)31/h3-14H,2H2,1H3,(H,30,31)(H,25,28,32)/b20-14-. The Hall–Kier alpha value is -4.46. The number of carbonyl (C=O) groups is 4. The number of amides is 4. The smallest absolute Gasteiger partial charge is 0.335 e. The van der Waals surface area contributed by atoms with Crippen molar-refractivity contribution in [3.05, 3.63) is 89.3 Å². The van der Waals surface area contributed by atoms with Gasteiger partial charge in [-0.2, -0.15) is 0 Å². The van der Waals surface area contributed by atoms with Gasteiger partial charge in [-0.15, -0.1) is 0 Å². The van der Waals surface area contributed by atoms with E-state index in [1.807, 2.05) is 19.1 Å². The first kappa shape index (κ1) is 20.8. The van der Waals surface area contributed by atoms with Crippen molar-refractivity contribution >= 4 is 35.6 Å². The van der Waals surface area contributed by atoms with Crippen molar-refractivity contribution < 1.29 is 24.3 Å². The highest BCUT2D eigenvalue weighted by atomic mass is 16.4. The van der Waals surface area contributed by atoms with E-state index in [0.29, 0.717) is 17.1 Å². The molecule has 0 bridgehead atoms. The van der Waals surface area contributed by atoms with Crippen LogP contribution in [-0.2, 0) is 16.0 Å². The summed E-state index contributed by atoms with van der Waals surface area (Å²) >= 11 is 0. The van der Waals surface area contributed by atoms with Gasteiger partial charge in [0, 0.05) is 17.6 Å². The lowest BCUT2D eigenvalue weighted by atomic mass is 10.1. The number of nitrogens with one attached hydrogen (secondary N) is 1. The molecule has 1 saturated heterocycles. The molecular formula is C24H19N3O5. The van der Waals surface area contributed by atoms with Crippen LogP contribution in [0.25, 0.3) is 11.8 Å². The number of carbonyl (C=O) groups excluding carboxylic acids is 3. The molecule has 160 valence electrons. The minimum Gasteiger partial charge on any atom is -0.478 e. The number of aromatic nitrogens is 1. The van der Waals surface area contributed by atoms with Gasteiger partial charge < -0.3 is 9.67 Å². The second-order valence-electron chi connectivity index (χ2n) is 7.13. The lowest BCUT2D eigenvalue weighted by molar-refractivity contribution is -0.122. The molecule has 0 saturated carbocycles. The molecular weight excluding hydrogens is 410 g/mol. The second-order valence-corrected chi connectivity index (χ2v) is 7.13. The molecule has 4 rings (SSSR count). The molecule has 32 heavy (non-hydrogen) atoms. The highest BCUT2D eigenvalue weighted by Gasteiger charge is 2.37. The number of nitrogens with zero attached hydrogens (tertiary/aromatic N) is 2. The Morgan fingerprint density at radius 3 is 2.25 bits per heavy atom. The fraction of sp³-hybridized carbons (Fsp3) is 0.0833. The van der Waals surface area contributed by atoms with E-state index in [2.05, 4.69) is 5.32 Å². The fourth-order valence-corrected chi connectivity index (χ4v) is 3.43. The van der Waals surface area contributed by atoms with Crippen LogP contribution in [0, 0.1) is 0 Å². The van der Waals surface area contributed by atoms with Crippen LogP contribution in [0.15, 0.2) is 72.4 Å². The maximum atomic E-state index is 13.1. The van der Waals surface area contributed by atoms with Crippen LogP contribution >= 0.6 is 0 Å². The first-order valence-corrected chi connectivity index (χ1v) is 9.90. The summed E-state index contributed by atoms with van der Waals surface area (Å²) in [5.74, 6) is -2.54. The average Bonchev–Trinajstić information content (AvgIpc) is 3.25. The summed E-state index contributed by atoms with van der Waals surface area (Å²) in [4.78, 5) is 50.0. The molecule has 8 heteroatoms. The van der Waals surface area contributed by atoms with E-state index in [1.54, 1.807) is 47.2 Å². The molecule has 8 nitrogen and oxygen atoms in total. The van der Waals surface area contributed by atoms with Gasteiger partial charge in [0.05, 0.1) is 11.3 Å². The van der Waals surface area contributed by atoms with Crippen LogP contribution in [0.2, 0.25) is 0 Å². The number of aryl methyl sites for hydroxylation is 1. The molecule has 3 aromatic rings. The highest BCUT2D eigenvalue weighted by Crippen LogP contribution is 2.23. The molecule has 1 aliphatic rings. The Morgan fingerprint density at radius 1 is 0.969 bits per heavy atom. The van der Waals surface area contributed by atoms with Gasteiger partial charge >= 0.3 is 12.0 Å². The van der Waals surface area contributed by atoms with E-state index in [4.69, 9.17) is 5.11 Å². The number of rotatable bonds is 5. The Kier molecular flexibility index (Phi) is 5.43. The van der Waals surface area contributed by atoms with Gasteiger partial charge in [-0.1, -0.05) is 19.1 Å². The lowest BCUT2D eigenvalue weighted by Crippen LogP contribution is -2.54. The summed E-state index contributed by atoms with van der Waals surface area (Å²) in [5, 5.41) is 11.3. The normalized spacial score (nSPS) is 15.2. The van der Waals surface area contributed by atoms with Gasteiger partial charge in [0.1, 0.15) is 5.57 Å². The molecule has 1 aliphatic heterocycles. The second kappa shape index (κ2) is 8.35. The van der Waals surface area contributed by atoms with Crippen molar-refractivity contribution in [1.82, 2.24) is 9.88 Å². The molecule has 0 spiro atoms. The third-order valence-electron chi connectivity index (χ3n) is 5.17. The van der Waals surface area contributed by atoms with E-state index < -0.39 is 23.8 Å². The van der Waals surface area contributed by atoms with Crippen LogP contribution in [0.1, 0.15) is 28.5 Å². The summed E-state index contributed by atoms with van der Waals surface area (Å²) in [7, 11) is 0. The molecule has 2 heterocycles. The van der Waals surface area contributed by atoms with Gasteiger partial charge in [0.25, 0.3) is 11.8 Å². The SMILES string of the molecule is CCc1ccc(N2C(=O)NC(=O)/C(=C/c3cccn3-c3ccc(C(=O)O)cc3)C2=O)cc1. The van der Waals surface area contributed by atoms with E-state index in [9.17, 15) is 19.2 Å². The van der Waals surface area contributed by atoms with Crippen LogP contribution in [-0.4, -0.2) is 33.5 Å². The van der Waals surface area contributed by atoms with E-state index >= 15 is 0 Å². The Morgan fingerprint density at radius 2 is 1.62 bits per heavy atom. The third kappa shape index (κ3) is 3.81. The van der Waals surface area contributed by atoms with Gasteiger partial charge in [-0.05, 0) is 66.6 Å². The Labute approximate surface area is 183 Å². The number of aromatic carboxylic acids is 1. The molecule has 1 aromatic heterocycles. The fourth-order valence-electron chi connectivity index (χ4n) is 3.43. The number of imide groups is 2. The van der Waals surface area contributed by atoms with Crippen LogP contribution in [0.3, 0.4) is 0 Å². The van der Waals surface area contributed by atoms with E-state index in [0.717, 1.165) is 16.9 Å². The molecule has 4 amide bonds. The topological polar surface area (TPSA) is 109 Å². The number of barbiturate groups is 1. The number of anilines is 1. The minimum atomic E-state index is -1.03. The summed E-state index contributed by atoms with van der Waals surface area (Å²) < 4.78 is 1.70. The highest BCUT2D eigenvalue weighted by molar-refractivity contribution is 6.39. The zero-order chi connectivity index (χ0) is 22.8. The quantitative estimate of drug-likeness (QED) is 0.477. The summed E-state index contributed by atoms with van der Waals surface area (Å²) in [6.45, 7) is 2.00. The summed E-state index contributed by atoms with van der Waals surface area (Å²) in [5.41, 5.74) is 2.54. The molecule has 0 radical (unpaired) electrons. The molecule has 0 aliphatic carbocycles. The maximum Gasteiger partial charge on any atom is 0.335 e. The zero-order valence-corrected chi connectivity index (χ0v) is 17.1. The number of hydrogen-bond donors (Lipinski definition) is 2. The molecule has 2 N–H and O–H groups in total. The van der Waals surface area contributed by atoms with Crippen molar-refractivity contribution in [3.63, 3.8) is 0 Å². The number of carboxylic acids is 1. The Balaban J connectivity index is 1.70. The predicted octanol–water partition coefficient (Wildman–Crippen LogP) is 3.40. The van der Waals surface area contributed by atoms with Crippen LogP contribution in [0.5, 0.6) is 0 Å². The molecule has 0 atom stereocenters. The molecule has 2 aromatic carbocycles. The van der Waals surface area contributed by atoms with Crippen molar-refractivity contribution in [2.24, 2.45) is 0 Å². The minimum absolute atomic E-state index is 0.144. The summed E-state index contributed by atoms with van der Waals surface area (Å²) in [6, 6.07) is 15.8. The van der Waals surface area contributed by atoms with Crippen molar-refractivity contribution in [2.75, 3.05) is 4.90 Å².